The molecule has 0 radical (unpaired) electrons. The monoisotopic (exact) mass is 295 g/mol. The standard InChI is InChI=1S/C15H18ClNO3/c16-13-6-2-1-4-11(13)10-14(18)17-9-3-5-12(17)7-8-15(19)20/h1-2,4,6,12H,3,5,7-10H2,(H,19,20)/t12-/m1/s1. The Kier molecular flexibility index (Phi) is 5.01. The summed E-state index contributed by atoms with van der Waals surface area (Å²) in [7, 11) is 0. The third-order valence-electron chi connectivity index (χ3n) is 3.69. The molecule has 0 bridgehead atoms. The van der Waals surface area contributed by atoms with Crippen LogP contribution in [0.2, 0.25) is 5.02 Å². The molecule has 1 aromatic rings. The molecule has 0 aliphatic carbocycles. The van der Waals surface area contributed by atoms with Crippen LogP contribution < -0.4 is 0 Å². The summed E-state index contributed by atoms with van der Waals surface area (Å²) in [5.41, 5.74) is 0.822. The highest BCUT2D eigenvalue weighted by Gasteiger charge is 2.28. The third kappa shape index (κ3) is 3.73. The zero-order valence-corrected chi connectivity index (χ0v) is 12.0. The van der Waals surface area contributed by atoms with Crippen LogP contribution in [0, 0.1) is 0 Å². The Bertz CT molecular complexity index is 504. The molecule has 108 valence electrons. The number of aliphatic carboxylic acids is 1. The van der Waals surface area contributed by atoms with Crippen molar-refractivity contribution in [2.24, 2.45) is 0 Å². The number of likely N-dealkylation sites (tertiary alicyclic amines) is 1. The lowest BCUT2D eigenvalue weighted by molar-refractivity contribution is -0.138. The largest absolute Gasteiger partial charge is 0.481 e. The molecule has 0 spiro atoms. The zero-order chi connectivity index (χ0) is 14.5. The number of hydrogen-bond acceptors (Lipinski definition) is 2. The summed E-state index contributed by atoms with van der Waals surface area (Å²) in [4.78, 5) is 24.8. The topological polar surface area (TPSA) is 57.6 Å². The SMILES string of the molecule is O=C(O)CC[C@H]1CCCN1C(=O)Cc1ccccc1Cl. The van der Waals surface area contributed by atoms with E-state index in [0.717, 1.165) is 18.4 Å². The number of carbonyl (C=O) groups excluding carboxylic acids is 1. The first-order chi connectivity index (χ1) is 9.58. The maximum Gasteiger partial charge on any atom is 0.303 e. The van der Waals surface area contributed by atoms with Gasteiger partial charge in [-0.15, -0.1) is 0 Å². The number of benzene rings is 1. The van der Waals surface area contributed by atoms with Gasteiger partial charge in [-0.2, -0.15) is 0 Å². The second-order valence-electron chi connectivity index (χ2n) is 5.08. The molecule has 5 heteroatoms. The quantitative estimate of drug-likeness (QED) is 0.908. The Labute approximate surface area is 123 Å². The Morgan fingerprint density at radius 2 is 2.10 bits per heavy atom. The van der Waals surface area contributed by atoms with Crippen LogP contribution in [0.5, 0.6) is 0 Å². The second-order valence-corrected chi connectivity index (χ2v) is 5.49. The van der Waals surface area contributed by atoms with Gasteiger partial charge in [-0.1, -0.05) is 29.8 Å². The Balaban J connectivity index is 1.97. The van der Waals surface area contributed by atoms with Crippen molar-refractivity contribution in [1.82, 2.24) is 4.90 Å². The molecule has 2 rings (SSSR count). The van der Waals surface area contributed by atoms with Gasteiger partial charge in [0.05, 0.1) is 6.42 Å². The van der Waals surface area contributed by atoms with Crippen LogP contribution >= 0.6 is 11.6 Å². The summed E-state index contributed by atoms with van der Waals surface area (Å²) < 4.78 is 0. The summed E-state index contributed by atoms with van der Waals surface area (Å²) in [6, 6.07) is 7.38. The van der Waals surface area contributed by atoms with Crippen molar-refractivity contribution in [3.05, 3.63) is 34.9 Å². The number of carboxylic acid groups (broad SMARTS) is 1. The van der Waals surface area contributed by atoms with Crippen LogP contribution in [-0.2, 0) is 16.0 Å². The van der Waals surface area contributed by atoms with Crippen molar-refractivity contribution in [3.8, 4) is 0 Å². The molecule has 1 heterocycles. The van der Waals surface area contributed by atoms with Gasteiger partial charge in [-0.25, -0.2) is 0 Å². The lowest BCUT2D eigenvalue weighted by atomic mass is 10.1. The normalized spacial score (nSPS) is 18.2. The molecule has 1 aliphatic rings. The molecular weight excluding hydrogens is 278 g/mol. The number of halogens is 1. The average Bonchev–Trinajstić information content (AvgIpc) is 2.87. The number of hydrogen-bond donors (Lipinski definition) is 1. The second kappa shape index (κ2) is 6.75. The molecule has 1 fully saturated rings. The average molecular weight is 296 g/mol. The molecule has 20 heavy (non-hydrogen) atoms. The van der Waals surface area contributed by atoms with Gasteiger partial charge in [0, 0.05) is 24.0 Å². The molecule has 1 amide bonds. The van der Waals surface area contributed by atoms with Gasteiger partial charge in [-0.3, -0.25) is 9.59 Å². The van der Waals surface area contributed by atoms with Crippen LogP contribution in [-0.4, -0.2) is 34.5 Å². The van der Waals surface area contributed by atoms with E-state index in [9.17, 15) is 9.59 Å². The molecule has 1 atom stereocenters. The van der Waals surface area contributed by atoms with Crippen LogP contribution in [0.4, 0.5) is 0 Å². The number of nitrogens with zero attached hydrogens (tertiary/aromatic N) is 1. The van der Waals surface area contributed by atoms with E-state index in [-0.39, 0.29) is 24.8 Å². The smallest absolute Gasteiger partial charge is 0.303 e. The van der Waals surface area contributed by atoms with Gasteiger partial charge in [0.2, 0.25) is 5.91 Å². The van der Waals surface area contributed by atoms with E-state index < -0.39 is 5.97 Å². The Morgan fingerprint density at radius 1 is 1.35 bits per heavy atom. The van der Waals surface area contributed by atoms with Crippen molar-refractivity contribution in [2.75, 3.05) is 6.54 Å². The number of carbonyl (C=O) groups is 2. The van der Waals surface area contributed by atoms with Gasteiger partial charge in [0.1, 0.15) is 0 Å². The highest BCUT2D eigenvalue weighted by atomic mass is 35.5. The Hall–Kier alpha value is -1.55. The summed E-state index contributed by atoms with van der Waals surface area (Å²) in [5.74, 6) is -0.776. The maximum atomic E-state index is 12.3. The van der Waals surface area contributed by atoms with Crippen LogP contribution in [0.3, 0.4) is 0 Å². The van der Waals surface area contributed by atoms with E-state index in [0.29, 0.717) is 18.0 Å². The predicted molar refractivity (Wildman–Crippen MR) is 76.8 cm³/mol. The first kappa shape index (κ1) is 14.9. The summed E-state index contributed by atoms with van der Waals surface area (Å²) >= 11 is 6.07. The number of rotatable bonds is 5. The molecule has 1 aliphatic heterocycles. The van der Waals surface area contributed by atoms with E-state index in [1.807, 2.05) is 23.1 Å². The van der Waals surface area contributed by atoms with E-state index in [1.54, 1.807) is 6.07 Å². The van der Waals surface area contributed by atoms with Crippen molar-refractivity contribution in [2.45, 2.75) is 38.1 Å². The molecule has 1 saturated heterocycles. The van der Waals surface area contributed by atoms with Crippen molar-refractivity contribution in [1.29, 1.82) is 0 Å². The number of amides is 1. The molecule has 1 N–H and O–H groups in total. The van der Waals surface area contributed by atoms with Gasteiger partial charge < -0.3 is 10.0 Å². The predicted octanol–water partition coefficient (Wildman–Crippen LogP) is 2.74. The van der Waals surface area contributed by atoms with Gasteiger partial charge >= 0.3 is 5.97 Å². The molecular formula is C15H18ClNO3. The fraction of sp³-hybridized carbons (Fsp3) is 0.467. The van der Waals surface area contributed by atoms with E-state index in [2.05, 4.69) is 0 Å². The van der Waals surface area contributed by atoms with Gasteiger partial charge in [-0.05, 0) is 30.9 Å². The summed E-state index contributed by atoms with van der Waals surface area (Å²) in [6.07, 6.45) is 2.76. The first-order valence-electron chi connectivity index (χ1n) is 6.82. The lowest BCUT2D eigenvalue weighted by Crippen LogP contribution is -2.36. The highest BCUT2D eigenvalue weighted by Crippen LogP contribution is 2.24. The van der Waals surface area contributed by atoms with Crippen molar-refractivity contribution < 1.29 is 14.7 Å². The molecule has 0 unspecified atom stereocenters. The minimum absolute atomic E-state index is 0.0333. The summed E-state index contributed by atoms with van der Waals surface area (Å²) in [5, 5.41) is 9.35. The molecule has 1 aromatic carbocycles. The maximum absolute atomic E-state index is 12.3. The van der Waals surface area contributed by atoms with Gasteiger partial charge in [0.25, 0.3) is 0 Å². The first-order valence-corrected chi connectivity index (χ1v) is 7.20. The summed E-state index contributed by atoms with van der Waals surface area (Å²) in [6.45, 7) is 0.716. The minimum Gasteiger partial charge on any atom is -0.481 e. The number of carboxylic acids is 1. The minimum atomic E-state index is -0.810. The molecule has 4 nitrogen and oxygen atoms in total. The van der Waals surface area contributed by atoms with E-state index >= 15 is 0 Å². The third-order valence-corrected chi connectivity index (χ3v) is 4.06. The highest BCUT2D eigenvalue weighted by molar-refractivity contribution is 6.31. The van der Waals surface area contributed by atoms with Crippen LogP contribution in [0.1, 0.15) is 31.2 Å². The van der Waals surface area contributed by atoms with Crippen molar-refractivity contribution >= 4 is 23.5 Å². The van der Waals surface area contributed by atoms with Crippen LogP contribution in [0.25, 0.3) is 0 Å². The fourth-order valence-corrected chi connectivity index (χ4v) is 2.86. The van der Waals surface area contributed by atoms with Crippen LogP contribution in [0.15, 0.2) is 24.3 Å². The van der Waals surface area contributed by atoms with Crippen molar-refractivity contribution in [3.63, 3.8) is 0 Å². The fourth-order valence-electron chi connectivity index (χ4n) is 2.66. The van der Waals surface area contributed by atoms with E-state index in [1.165, 1.54) is 0 Å². The van der Waals surface area contributed by atoms with E-state index in [4.69, 9.17) is 16.7 Å². The lowest BCUT2D eigenvalue weighted by Gasteiger charge is -2.24. The zero-order valence-electron chi connectivity index (χ0n) is 11.2. The molecule has 0 saturated carbocycles. The Morgan fingerprint density at radius 3 is 2.80 bits per heavy atom. The van der Waals surface area contributed by atoms with Gasteiger partial charge in [0.15, 0.2) is 0 Å². The molecule has 0 aromatic heterocycles.